The molecule has 0 radical (unpaired) electrons. The highest BCUT2D eigenvalue weighted by molar-refractivity contribution is 7.80. The Morgan fingerprint density at radius 2 is 1.64 bits per heavy atom. The third kappa shape index (κ3) is 4.84. The summed E-state index contributed by atoms with van der Waals surface area (Å²) >= 11 is 6.15. The zero-order valence-corrected chi connectivity index (χ0v) is 20.9. The summed E-state index contributed by atoms with van der Waals surface area (Å²) in [6.07, 6.45) is 0.864. The molecule has 1 aliphatic carbocycles. The number of benzene rings is 1. The minimum absolute atomic E-state index is 0.00670. The first-order valence-corrected chi connectivity index (χ1v) is 12.4. The molecule has 1 spiro atoms. The summed E-state index contributed by atoms with van der Waals surface area (Å²) < 4.78 is 40.7. The van der Waals surface area contributed by atoms with Crippen molar-refractivity contribution in [1.29, 1.82) is 0 Å². The van der Waals surface area contributed by atoms with E-state index in [9.17, 15) is 13.2 Å². The van der Waals surface area contributed by atoms with Crippen molar-refractivity contribution < 1.29 is 13.2 Å². The van der Waals surface area contributed by atoms with Gasteiger partial charge in [-0.2, -0.15) is 13.2 Å². The molecule has 0 amide bonds. The molecule has 2 saturated heterocycles. The van der Waals surface area contributed by atoms with E-state index in [1.165, 1.54) is 18.6 Å². The highest BCUT2D eigenvalue weighted by Gasteiger charge is 2.58. The second kappa shape index (κ2) is 8.93. The van der Waals surface area contributed by atoms with Crippen LogP contribution < -0.4 is 4.90 Å². The van der Waals surface area contributed by atoms with E-state index in [1.54, 1.807) is 6.07 Å². The number of amidine groups is 1. The van der Waals surface area contributed by atoms with Gasteiger partial charge >= 0.3 is 6.18 Å². The van der Waals surface area contributed by atoms with Crippen LogP contribution in [0.3, 0.4) is 0 Å². The lowest BCUT2D eigenvalue weighted by Crippen LogP contribution is -2.57. The van der Waals surface area contributed by atoms with Crippen molar-refractivity contribution in [2.45, 2.75) is 70.6 Å². The molecule has 1 aromatic rings. The Bertz CT molecular complexity index is 907. The number of anilines is 1. The van der Waals surface area contributed by atoms with Gasteiger partial charge in [0.05, 0.1) is 22.1 Å². The molecule has 4 rings (SSSR count). The van der Waals surface area contributed by atoms with Gasteiger partial charge in [-0.3, -0.25) is 14.8 Å². The zero-order chi connectivity index (χ0) is 24.0. The second-order valence-electron chi connectivity index (χ2n) is 10.8. The van der Waals surface area contributed by atoms with Crippen molar-refractivity contribution in [3.05, 3.63) is 29.8 Å². The lowest BCUT2D eigenvalue weighted by molar-refractivity contribution is -0.137. The van der Waals surface area contributed by atoms with Gasteiger partial charge in [-0.05, 0) is 58.9 Å². The summed E-state index contributed by atoms with van der Waals surface area (Å²) in [5, 5.41) is 0. The van der Waals surface area contributed by atoms with Crippen molar-refractivity contribution in [2.24, 2.45) is 10.4 Å². The van der Waals surface area contributed by atoms with Gasteiger partial charge < -0.3 is 4.90 Å². The van der Waals surface area contributed by atoms with Gasteiger partial charge in [-0.25, -0.2) is 0 Å². The number of thiocarbonyl (C=S) groups is 1. The standard InChI is InChI=1S/C25H35F3N4S/c1-23(2,3)29-21-20(31-15-13-30(4)14-16-31)24(11-6-5-7-12-24)22(33)32(21)19-10-8-9-18(17-19)25(26,27)28/h8-10,17,20H,5-7,11-16H2,1-4H3/t20-/m0/s1. The van der Waals surface area contributed by atoms with Gasteiger partial charge in [-0.1, -0.05) is 37.5 Å². The summed E-state index contributed by atoms with van der Waals surface area (Å²) in [6, 6.07) is 5.56. The number of likely N-dealkylation sites (N-methyl/N-ethyl adjacent to an activating group) is 1. The van der Waals surface area contributed by atoms with Crippen molar-refractivity contribution in [3.8, 4) is 0 Å². The average Bonchev–Trinajstić information content (AvgIpc) is 2.95. The van der Waals surface area contributed by atoms with Crippen molar-refractivity contribution in [3.63, 3.8) is 0 Å². The van der Waals surface area contributed by atoms with Gasteiger partial charge in [0.2, 0.25) is 0 Å². The van der Waals surface area contributed by atoms with Crippen molar-refractivity contribution in [2.75, 3.05) is 38.1 Å². The third-order valence-corrected chi connectivity index (χ3v) is 7.75. The zero-order valence-electron chi connectivity index (χ0n) is 20.1. The van der Waals surface area contributed by atoms with Crippen LogP contribution >= 0.6 is 12.2 Å². The van der Waals surface area contributed by atoms with Gasteiger partial charge in [-0.15, -0.1) is 0 Å². The molecule has 33 heavy (non-hydrogen) atoms. The normalized spacial score (nSPS) is 26.5. The molecule has 3 fully saturated rings. The van der Waals surface area contributed by atoms with E-state index < -0.39 is 11.7 Å². The Hall–Kier alpha value is -1.51. The smallest absolute Gasteiger partial charge is 0.304 e. The maximum atomic E-state index is 13.6. The van der Waals surface area contributed by atoms with E-state index in [1.807, 2.05) is 25.7 Å². The van der Waals surface area contributed by atoms with Crippen LogP contribution in [0.2, 0.25) is 0 Å². The van der Waals surface area contributed by atoms with Crippen LogP contribution in [0.25, 0.3) is 0 Å². The highest BCUT2D eigenvalue weighted by atomic mass is 32.1. The molecular formula is C25H35F3N4S. The first kappa shape index (κ1) is 24.6. The highest BCUT2D eigenvalue weighted by Crippen LogP contribution is 2.50. The molecule has 8 heteroatoms. The number of nitrogens with zero attached hydrogens (tertiary/aromatic N) is 4. The fraction of sp³-hybridized carbons (Fsp3) is 0.680. The SMILES string of the molecule is CN1CCN([C@H]2C(=NC(C)(C)C)N(c3cccc(C(F)(F)F)c3)C(=S)C23CCCCC3)CC1. The van der Waals surface area contributed by atoms with E-state index in [0.29, 0.717) is 5.69 Å². The van der Waals surface area contributed by atoms with Crippen molar-refractivity contribution in [1.82, 2.24) is 9.80 Å². The third-order valence-electron chi connectivity index (χ3n) is 7.16. The number of rotatable bonds is 2. The molecule has 3 aliphatic rings. The lowest BCUT2D eigenvalue weighted by Gasteiger charge is -2.45. The number of halogens is 3. The van der Waals surface area contributed by atoms with Gasteiger partial charge in [0.15, 0.2) is 0 Å². The van der Waals surface area contributed by atoms with Gasteiger partial charge in [0.1, 0.15) is 5.84 Å². The molecule has 182 valence electrons. The van der Waals surface area contributed by atoms with Crippen molar-refractivity contribution >= 4 is 28.7 Å². The number of hydrogen-bond donors (Lipinski definition) is 0. The monoisotopic (exact) mass is 480 g/mol. The number of aliphatic imine (C=N–C) groups is 1. The predicted molar refractivity (Wildman–Crippen MR) is 132 cm³/mol. The Labute approximate surface area is 200 Å². The molecule has 0 N–H and O–H groups in total. The minimum atomic E-state index is -4.40. The molecule has 0 unspecified atom stereocenters. The van der Waals surface area contributed by atoms with E-state index in [-0.39, 0.29) is 17.0 Å². The Morgan fingerprint density at radius 3 is 2.21 bits per heavy atom. The number of piperazine rings is 1. The maximum absolute atomic E-state index is 13.6. The largest absolute Gasteiger partial charge is 0.416 e. The van der Waals surface area contributed by atoms with E-state index in [2.05, 4.69) is 16.8 Å². The molecule has 1 saturated carbocycles. The molecule has 2 aliphatic heterocycles. The van der Waals surface area contributed by atoms with Gasteiger partial charge in [0, 0.05) is 37.3 Å². The summed E-state index contributed by atoms with van der Waals surface area (Å²) in [5.74, 6) is 0.818. The summed E-state index contributed by atoms with van der Waals surface area (Å²) in [6.45, 7) is 9.87. The van der Waals surface area contributed by atoms with Crippen LogP contribution in [-0.2, 0) is 6.18 Å². The average molecular weight is 481 g/mol. The molecule has 2 heterocycles. The fourth-order valence-corrected chi connectivity index (χ4v) is 6.12. The second-order valence-corrected chi connectivity index (χ2v) is 11.2. The minimum Gasteiger partial charge on any atom is -0.304 e. The van der Waals surface area contributed by atoms with Crippen LogP contribution in [0.5, 0.6) is 0 Å². The van der Waals surface area contributed by atoms with E-state index in [0.717, 1.165) is 68.8 Å². The Morgan fingerprint density at radius 1 is 1.00 bits per heavy atom. The first-order chi connectivity index (χ1) is 15.4. The quantitative estimate of drug-likeness (QED) is 0.513. The van der Waals surface area contributed by atoms with Crippen LogP contribution in [-0.4, -0.2) is 65.4 Å². The fourth-order valence-electron chi connectivity index (χ4n) is 5.60. The van der Waals surface area contributed by atoms with E-state index >= 15 is 0 Å². The molecule has 1 aromatic carbocycles. The van der Waals surface area contributed by atoms with Crippen LogP contribution in [0, 0.1) is 5.41 Å². The lowest BCUT2D eigenvalue weighted by atomic mass is 9.69. The summed E-state index contributed by atoms with van der Waals surface area (Å²) in [4.78, 5) is 12.6. The molecule has 1 atom stereocenters. The Kier molecular flexibility index (Phi) is 6.66. The molecule has 0 bridgehead atoms. The molecule has 0 aromatic heterocycles. The number of hydrogen-bond acceptors (Lipinski definition) is 4. The first-order valence-electron chi connectivity index (χ1n) is 12.0. The summed E-state index contributed by atoms with van der Waals surface area (Å²) in [7, 11) is 2.13. The predicted octanol–water partition coefficient (Wildman–Crippen LogP) is 5.62. The summed E-state index contributed by atoms with van der Waals surface area (Å²) in [5.41, 5.74) is -0.824. The van der Waals surface area contributed by atoms with Gasteiger partial charge in [0.25, 0.3) is 0 Å². The van der Waals surface area contributed by atoms with E-state index in [4.69, 9.17) is 17.2 Å². The molecular weight excluding hydrogens is 445 g/mol. The van der Waals surface area contributed by atoms with Crippen LogP contribution in [0.4, 0.5) is 18.9 Å². The topological polar surface area (TPSA) is 22.1 Å². The molecule has 4 nitrogen and oxygen atoms in total. The van der Waals surface area contributed by atoms with Crippen LogP contribution in [0.1, 0.15) is 58.4 Å². The number of alkyl halides is 3. The Balaban J connectivity index is 1.87. The van der Waals surface area contributed by atoms with Crippen LogP contribution in [0.15, 0.2) is 29.3 Å². The maximum Gasteiger partial charge on any atom is 0.416 e.